The number of ether oxygens (including phenoxy) is 1. The Labute approximate surface area is 153 Å². The molecule has 0 N–H and O–H groups in total. The number of hydrogen-bond acceptors (Lipinski definition) is 3. The summed E-state index contributed by atoms with van der Waals surface area (Å²) in [5.74, 6) is 0. The molecule has 0 aromatic carbocycles. The molecule has 0 unspecified atom stereocenters. The SMILES string of the molecule is CC=NC(=N/C(C)=C(\C)C(C)=NC)OCC(C=CCC(C)=CC)=CC. The van der Waals surface area contributed by atoms with Gasteiger partial charge in [0.05, 0.1) is 0 Å². The zero-order valence-electron chi connectivity index (χ0n) is 17.1. The molecule has 25 heavy (non-hydrogen) atoms. The molecule has 0 bridgehead atoms. The van der Waals surface area contributed by atoms with E-state index in [4.69, 9.17) is 4.74 Å². The maximum absolute atomic E-state index is 5.80. The van der Waals surface area contributed by atoms with E-state index in [2.05, 4.69) is 47.1 Å². The van der Waals surface area contributed by atoms with Crippen LogP contribution in [0.4, 0.5) is 0 Å². The quantitative estimate of drug-likeness (QED) is 0.253. The van der Waals surface area contributed by atoms with Crippen LogP contribution in [0.25, 0.3) is 0 Å². The van der Waals surface area contributed by atoms with Crippen molar-refractivity contribution in [3.63, 3.8) is 0 Å². The maximum atomic E-state index is 5.80. The van der Waals surface area contributed by atoms with Crippen molar-refractivity contribution >= 4 is 17.9 Å². The molecular weight excluding hydrogens is 310 g/mol. The van der Waals surface area contributed by atoms with Gasteiger partial charge in [0.2, 0.25) is 0 Å². The van der Waals surface area contributed by atoms with E-state index in [1.54, 1.807) is 13.3 Å². The Kier molecular flexibility index (Phi) is 11.9. The van der Waals surface area contributed by atoms with Gasteiger partial charge in [0.1, 0.15) is 6.61 Å². The van der Waals surface area contributed by atoms with Crippen LogP contribution in [0, 0.1) is 0 Å². The average Bonchev–Trinajstić information content (AvgIpc) is 2.62. The predicted octanol–water partition coefficient (Wildman–Crippen LogP) is 5.69. The van der Waals surface area contributed by atoms with Crippen LogP contribution in [-0.4, -0.2) is 31.6 Å². The normalized spacial score (nSPS) is 16.0. The number of allylic oxidation sites excluding steroid dienone is 6. The van der Waals surface area contributed by atoms with Gasteiger partial charge in [-0.25, -0.2) is 9.98 Å². The van der Waals surface area contributed by atoms with Gasteiger partial charge in [-0.15, -0.1) is 0 Å². The molecule has 0 aliphatic heterocycles. The largest absolute Gasteiger partial charge is 0.459 e. The van der Waals surface area contributed by atoms with Crippen molar-refractivity contribution < 1.29 is 4.74 Å². The monoisotopic (exact) mass is 343 g/mol. The standard InChI is InChI=1S/C21H33N3O/c1-9-16(4)13-12-14-20(10-2)15-25-21(23-11-3)24-19(7)17(5)18(6)22-8/h9-12,14H,13,15H2,1-8H3/b14-12?,16-9?,19-17+,20-10?,22-18?,23-11?,24-21?. The topological polar surface area (TPSA) is 46.3 Å². The molecule has 4 nitrogen and oxygen atoms in total. The first-order valence-corrected chi connectivity index (χ1v) is 8.64. The number of aliphatic imine (C=N–C) groups is 3. The summed E-state index contributed by atoms with van der Waals surface area (Å²) < 4.78 is 5.80. The molecule has 0 aromatic rings. The highest BCUT2D eigenvalue weighted by Gasteiger charge is 2.04. The van der Waals surface area contributed by atoms with Crippen molar-refractivity contribution in [3.8, 4) is 0 Å². The predicted molar refractivity (Wildman–Crippen MR) is 112 cm³/mol. The van der Waals surface area contributed by atoms with Gasteiger partial charge in [0.15, 0.2) is 0 Å². The van der Waals surface area contributed by atoms with Crippen LogP contribution < -0.4 is 0 Å². The van der Waals surface area contributed by atoms with Gasteiger partial charge in [0, 0.05) is 24.7 Å². The summed E-state index contributed by atoms with van der Waals surface area (Å²) in [4.78, 5) is 12.9. The van der Waals surface area contributed by atoms with Gasteiger partial charge in [-0.05, 0) is 66.0 Å². The minimum absolute atomic E-state index is 0.362. The summed E-state index contributed by atoms with van der Waals surface area (Å²) in [6, 6.07) is 0.362. The molecule has 0 amide bonds. The summed E-state index contributed by atoms with van der Waals surface area (Å²) in [6.07, 6.45) is 11.0. The third-order valence-corrected chi connectivity index (χ3v) is 3.93. The summed E-state index contributed by atoms with van der Waals surface area (Å²) in [5, 5.41) is 0. The Hall–Kier alpha value is -2.23. The zero-order valence-corrected chi connectivity index (χ0v) is 17.1. The van der Waals surface area contributed by atoms with Gasteiger partial charge in [-0.2, -0.15) is 0 Å². The summed E-state index contributed by atoms with van der Waals surface area (Å²) in [5.41, 5.74) is 5.27. The average molecular weight is 344 g/mol. The second-order valence-electron chi connectivity index (χ2n) is 5.69. The molecule has 4 heteroatoms. The third-order valence-electron chi connectivity index (χ3n) is 3.93. The fraction of sp³-hybridized carbons (Fsp3) is 0.476. The van der Waals surface area contributed by atoms with Gasteiger partial charge >= 0.3 is 6.02 Å². The zero-order chi connectivity index (χ0) is 19.2. The molecule has 138 valence electrons. The number of nitrogens with zero attached hydrogens (tertiary/aromatic N) is 3. The van der Waals surface area contributed by atoms with E-state index in [1.807, 2.05) is 40.7 Å². The Balaban J connectivity index is 5.13. The molecule has 0 heterocycles. The van der Waals surface area contributed by atoms with Crippen molar-refractivity contribution in [1.82, 2.24) is 0 Å². The van der Waals surface area contributed by atoms with Crippen LogP contribution in [0.1, 0.15) is 54.9 Å². The van der Waals surface area contributed by atoms with Gasteiger partial charge in [-0.1, -0.05) is 29.9 Å². The van der Waals surface area contributed by atoms with Crippen LogP contribution >= 0.6 is 0 Å². The fourth-order valence-electron chi connectivity index (χ4n) is 1.76. The van der Waals surface area contributed by atoms with E-state index in [0.717, 1.165) is 29.0 Å². The minimum atomic E-state index is 0.362. The maximum Gasteiger partial charge on any atom is 0.316 e. The smallest absolute Gasteiger partial charge is 0.316 e. The van der Waals surface area contributed by atoms with Crippen LogP contribution in [0.2, 0.25) is 0 Å². The number of hydrogen-bond donors (Lipinski definition) is 0. The lowest BCUT2D eigenvalue weighted by Gasteiger charge is -2.08. The van der Waals surface area contributed by atoms with Crippen molar-refractivity contribution in [2.24, 2.45) is 15.0 Å². The molecule has 0 radical (unpaired) electrons. The van der Waals surface area contributed by atoms with Gasteiger partial charge < -0.3 is 4.74 Å². The van der Waals surface area contributed by atoms with E-state index in [9.17, 15) is 0 Å². The summed E-state index contributed by atoms with van der Waals surface area (Å²) >= 11 is 0. The van der Waals surface area contributed by atoms with Crippen LogP contribution in [0.5, 0.6) is 0 Å². The van der Waals surface area contributed by atoms with Crippen molar-refractivity contribution in [2.75, 3.05) is 13.7 Å². The Bertz CT molecular complexity index is 630. The fourth-order valence-corrected chi connectivity index (χ4v) is 1.76. The molecule has 0 saturated carbocycles. The highest BCUT2D eigenvalue weighted by molar-refractivity contribution is 5.98. The highest BCUT2D eigenvalue weighted by Crippen LogP contribution is 2.10. The van der Waals surface area contributed by atoms with E-state index < -0.39 is 0 Å². The van der Waals surface area contributed by atoms with E-state index >= 15 is 0 Å². The van der Waals surface area contributed by atoms with Crippen LogP contribution in [0.3, 0.4) is 0 Å². The second-order valence-corrected chi connectivity index (χ2v) is 5.69. The third kappa shape index (κ3) is 9.60. The van der Waals surface area contributed by atoms with Gasteiger partial charge in [-0.3, -0.25) is 4.99 Å². The Morgan fingerprint density at radius 1 is 1.00 bits per heavy atom. The molecular formula is C21H33N3O. The lowest BCUT2D eigenvalue weighted by molar-refractivity contribution is 0.337. The van der Waals surface area contributed by atoms with Crippen molar-refractivity contribution in [1.29, 1.82) is 0 Å². The Morgan fingerprint density at radius 3 is 2.20 bits per heavy atom. The van der Waals surface area contributed by atoms with Crippen LogP contribution in [-0.2, 0) is 4.74 Å². The first-order chi connectivity index (χ1) is 11.9. The second kappa shape index (κ2) is 13.1. The number of rotatable bonds is 7. The lowest BCUT2D eigenvalue weighted by Crippen LogP contribution is -2.06. The summed E-state index contributed by atoms with van der Waals surface area (Å²) in [7, 11) is 1.78. The number of amidine groups is 1. The van der Waals surface area contributed by atoms with E-state index in [0.29, 0.717) is 12.6 Å². The minimum Gasteiger partial charge on any atom is -0.459 e. The molecule has 0 fully saturated rings. The van der Waals surface area contributed by atoms with Crippen LogP contribution in [0.15, 0.2) is 61.7 Å². The molecule has 0 saturated heterocycles. The van der Waals surface area contributed by atoms with Crippen molar-refractivity contribution in [3.05, 3.63) is 46.7 Å². The molecule has 0 spiro atoms. The molecule has 0 rings (SSSR count). The summed E-state index contributed by atoms with van der Waals surface area (Å²) in [6.45, 7) is 14.4. The molecule has 0 aliphatic rings. The molecule has 0 aromatic heterocycles. The molecule has 0 atom stereocenters. The lowest BCUT2D eigenvalue weighted by atomic mass is 10.1. The first-order valence-electron chi connectivity index (χ1n) is 8.64. The van der Waals surface area contributed by atoms with E-state index in [-0.39, 0.29) is 0 Å². The van der Waals surface area contributed by atoms with Crippen molar-refractivity contribution in [2.45, 2.75) is 54.9 Å². The molecule has 0 aliphatic carbocycles. The highest BCUT2D eigenvalue weighted by atomic mass is 16.5. The Morgan fingerprint density at radius 2 is 1.68 bits per heavy atom. The first kappa shape index (κ1) is 22.8. The van der Waals surface area contributed by atoms with Gasteiger partial charge in [0.25, 0.3) is 0 Å². The van der Waals surface area contributed by atoms with E-state index in [1.165, 1.54) is 5.57 Å².